The molecule has 68 heavy (non-hydrogen) atoms. The fourth-order valence-electron chi connectivity index (χ4n) is 7.58. The molecule has 0 saturated carbocycles. The van der Waals surface area contributed by atoms with Gasteiger partial charge in [-0.2, -0.15) is 0 Å². The van der Waals surface area contributed by atoms with Crippen LogP contribution >= 0.6 is 0 Å². The number of carbonyl (C=O) groups excluding carboxylic acids is 6. The molecule has 0 radical (unpaired) electrons. The summed E-state index contributed by atoms with van der Waals surface area (Å²) in [6, 6.07) is 6.56. The summed E-state index contributed by atoms with van der Waals surface area (Å²) in [6.07, 6.45) is 1.89. The van der Waals surface area contributed by atoms with Crippen LogP contribution in [0.15, 0.2) is 64.6 Å². The van der Waals surface area contributed by atoms with Gasteiger partial charge in [-0.25, -0.2) is 4.79 Å². The van der Waals surface area contributed by atoms with Gasteiger partial charge >= 0.3 is 5.97 Å². The van der Waals surface area contributed by atoms with E-state index < -0.39 is 95.5 Å². The van der Waals surface area contributed by atoms with Crippen molar-refractivity contribution in [2.24, 2.45) is 50.5 Å². The van der Waals surface area contributed by atoms with Crippen molar-refractivity contribution in [3.63, 3.8) is 0 Å². The van der Waals surface area contributed by atoms with Gasteiger partial charge in [0.15, 0.2) is 11.9 Å². The Kier molecular flexibility index (Phi) is 22.5. The summed E-state index contributed by atoms with van der Waals surface area (Å²) in [5.41, 5.74) is 29.2. The number of likely N-dealkylation sites (tertiary alicyclic amines) is 1. The van der Waals surface area contributed by atoms with Crippen molar-refractivity contribution in [2.45, 2.75) is 128 Å². The van der Waals surface area contributed by atoms with E-state index in [9.17, 15) is 43.8 Å². The van der Waals surface area contributed by atoms with E-state index in [2.05, 4.69) is 36.6 Å². The van der Waals surface area contributed by atoms with Crippen LogP contribution in [-0.4, -0.2) is 130 Å². The number of rotatable bonds is 27. The van der Waals surface area contributed by atoms with Gasteiger partial charge in [-0.1, -0.05) is 76.6 Å². The van der Waals surface area contributed by atoms with E-state index in [1.54, 1.807) is 63.2 Å². The Balaban J connectivity index is 1.88. The van der Waals surface area contributed by atoms with Gasteiger partial charge in [0.1, 0.15) is 42.0 Å². The van der Waals surface area contributed by atoms with Gasteiger partial charge in [-0.3, -0.25) is 38.8 Å². The quantitative estimate of drug-likeness (QED) is 0.0285. The van der Waals surface area contributed by atoms with Gasteiger partial charge in [0, 0.05) is 32.5 Å². The van der Waals surface area contributed by atoms with Crippen LogP contribution in [0.2, 0.25) is 0 Å². The molecule has 0 aliphatic carbocycles. The molecular weight excluding hydrogens is 879 g/mol. The molecule has 22 heteroatoms. The molecule has 1 heterocycles. The highest BCUT2D eigenvalue weighted by molar-refractivity contribution is 5.97. The van der Waals surface area contributed by atoms with Crippen molar-refractivity contribution in [2.75, 3.05) is 19.6 Å². The number of aliphatic carboxylic acids is 1. The maximum Gasteiger partial charge on any atom is 0.326 e. The lowest BCUT2D eigenvalue weighted by Crippen LogP contribution is -2.61. The molecule has 1 aliphatic heterocycles. The predicted octanol–water partition coefficient (Wildman–Crippen LogP) is -1.19. The van der Waals surface area contributed by atoms with Gasteiger partial charge in [0.2, 0.25) is 35.4 Å². The van der Waals surface area contributed by atoms with Crippen LogP contribution in [0.25, 0.3) is 0 Å². The Morgan fingerprint density at radius 3 is 1.81 bits per heavy atom. The highest BCUT2D eigenvalue weighted by atomic mass is 16.4. The van der Waals surface area contributed by atoms with Gasteiger partial charge in [0.25, 0.3) is 0 Å². The number of nitrogens with zero attached hydrogens (tertiary/aromatic N) is 3. The molecule has 6 amide bonds. The van der Waals surface area contributed by atoms with Gasteiger partial charge in [0.05, 0.1) is 6.04 Å². The van der Waals surface area contributed by atoms with Crippen LogP contribution in [0.1, 0.15) is 83.8 Å². The first-order valence-electron chi connectivity index (χ1n) is 23.0. The van der Waals surface area contributed by atoms with Crippen molar-refractivity contribution < 1.29 is 43.8 Å². The largest absolute Gasteiger partial charge is 0.508 e. The Morgan fingerprint density at radius 1 is 0.691 bits per heavy atom. The number of nitrogens with two attached hydrogens (primary N) is 5. The first-order valence-corrected chi connectivity index (χ1v) is 23.0. The normalized spacial score (nSPS) is 16.4. The van der Waals surface area contributed by atoms with Crippen LogP contribution in [0.3, 0.4) is 0 Å². The number of amides is 6. The fraction of sp³-hybridized carbons (Fsp3) is 0.543. The number of aromatic hydroxyl groups is 1. The molecule has 0 aromatic heterocycles. The lowest BCUT2D eigenvalue weighted by atomic mass is 9.96. The van der Waals surface area contributed by atoms with Crippen molar-refractivity contribution in [1.82, 2.24) is 31.5 Å². The Labute approximate surface area is 397 Å². The van der Waals surface area contributed by atoms with Crippen molar-refractivity contribution >= 4 is 53.3 Å². The molecule has 8 atom stereocenters. The Morgan fingerprint density at radius 2 is 1.24 bits per heavy atom. The number of carbonyl (C=O) groups is 7. The molecule has 0 spiro atoms. The maximum absolute atomic E-state index is 14.4. The third kappa shape index (κ3) is 18.0. The minimum absolute atomic E-state index is 0.0154. The Bertz CT molecular complexity index is 2060. The van der Waals surface area contributed by atoms with Gasteiger partial charge in [-0.05, 0) is 73.6 Å². The average Bonchev–Trinajstić information content (AvgIpc) is 3.79. The second-order valence-corrected chi connectivity index (χ2v) is 17.4. The van der Waals surface area contributed by atoms with E-state index >= 15 is 0 Å². The summed E-state index contributed by atoms with van der Waals surface area (Å²) >= 11 is 0. The number of benzene rings is 2. The molecule has 374 valence electrons. The number of nitrogens with one attached hydrogen (secondary N) is 5. The minimum atomic E-state index is -1.31. The SMILES string of the molecule is CCC(C)C(NC(=O)C(Cc1ccc(O)cc1)NC(=O)C(NC(=O)C(N)CCCN=C(N)N)C(C)C)C(=O)NC(CCCN=C(N)N)C(=O)N1CCCC1C(=O)NC(Cc1ccccc1)C(=O)O. The summed E-state index contributed by atoms with van der Waals surface area (Å²) < 4.78 is 0. The summed E-state index contributed by atoms with van der Waals surface area (Å²) in [7, 11) is 0. The zero-order valence-electron chi connectivity index (χ0n) is 39.4. The van der Waals surface area contributed by atoms with E-state index in [-0.39, 0.29) is 75.8 Å². The third-order valence-corrected chi connectivity index (χ3v) is 11.6. The summed E-state index contributed by atoms with van der Waals surface area (Å²) in [6.45, 7) is 7.46. The van der Waals surface area contributed by atoms with Crippen LogP contribution in [0.4, 0.5) is 0 Å². The zero-order chi connectivity index (χ0) is 50.5. The first-order chi connectivity index (χ1) is 32.2. The summed E-state index contributed by atoms with van der Waals surface area (Å²) in [5, 5.41) is 33.5. The molecule has 8 unspecified atom stereocenters. The number of phenolic OH excluding ortho intramolecular Hbond substituents is 1. The molecule has 2 aromatic rings. The van der Waals surface area contributed by atoms with E-state index in [1.807, 2.05) is 6.92 Å². The molecule has 3 rings (SSSR count). The number of guanidine groups is 2. The Hall–Kier alpha value is -6.97. The lowest BCUT2D eigenvalue weighted by molar-refractivity contribution is -0.145. The summed E-state index contributed by atoms with van der Waals surface area (Å²) in [5.74, 6) is -6.55. The third-order valence-electron chi connectivity index (χ3n) is 11.6. The molecule has 2 aromatic carbocycles. The highest BCUT2D eigenvalue weighted by Gasteiger charge is 2.40. The van der Waals surface area contributed by atoms with Crippen LogP contribution in [0, 0.1) is 11.8 Å². The molecule has 1 fully saturated rings. The molecule has 0 bridgehead atoms. The van der Waals surface area contributed by atoms with Crippen molar-refractivity contribution in [1.29, 1.82) is 0 Å². The molecule has 1 saturated heterocycles. The van der Waals surface area contributed by atoms with Crippen molar-refractivity contribution in [3.05, 3.63) is 65.7 Å². The average molecular weight is 950 g/mol. The molecular formula is C46H71N13O9. The van der Waals surface area contributed by atoms with Crippen LogP contribution in [-0.2, 0) is 46.4 Å². The number of hydrogen-bond acceptors (Lipinski definition) is 11. The smallest absolute Gasteiger partial charge is 0.326 e. The number of carboxylic acids is 1. The van der Waals surface area contributed by atoms with Crippen LogP contribution in [0.5, 0.6) is 5.75 Å². The monoisotopic (exact) mass is 950 g/mol. The van der Waals surface area contributed by atoms with E-state index in [1.165, 1.54) is 17.0 Å². The molecule has 17 N–H and O–H groups in total. The second-order valence-electron chi connectivity index (χ2n) is 17.4. The standard InChI is InChI=1S/C46H71N13O9/c1-5-27(4)37(58-39(62)33(24-29-17-19-30(60)20-18-29)55-41(64)36(26(2)3)57-38(61)31(47)14-9-21-52-45(48)49)42(65)54-32(15-10-22-53-46(50)51)43(66)59-23-11-16-35(59)40(63)56-34(44(67)68)25-28-12-7-6-8-13-28/h6-8,12-13,17-20,26-27,31-37,60H,5,9-11,14-16,21-25,47H2,1-4H3,(H,54,65)(H,55,64)(H,56,63)(H,57,61)(H,58,62)(H,67,68)(H4,48,49,52)(H4,50,51,53). The molecule has 1 aliphatic rings. The summed E-state index contributed by atoms with van der Waals surface area (Å²) in [4.78, 5) is 105. The maximum atomic E-state index is 14.4. The first kappa shape index (κ1) is 55.4. The van der Waals surface area contributed by atoms with E-state index in [0.29, 0.717) is 30.4 Å². The number of carboxylic acid groups (broad SMARTS) is 1. The number of aliphatic imine (C=N–C) groups is 2. The number of phenols is 1. The fourth-order valence-corrected chi connectivity index (χ4v) is 7.58. The van der Waals surface area contributed by atoms with Gasteiger partial charge < -0.3 is 70.4 Å². The van der Waals surface area contributed by atoms with E-state index in [0.717, 1.165) is 0 Å². The van der Waals surface area contributed by atoms with E-state index in [4.69, 9.17) is 28.7 Å². The second kappa shape index (κ2) is 27.6. The molecule has 22 nitrogen and oxygen atoms in total. The number of hydrogen-bond donors (Lipinski definition) is 12. The zero-order valence-corrected chi connectivity index (χ0v) is 39.4. The predicted molar refractivity (Wildman–Crippen MR) is 256 cm³/mol. The lowest BCUT2D eigenvalue weighted by Gasteiger charge is -2.32. The highest BCUT2D eigenvalue weighted by Crippen LogP contribution is 2.21. The van der Waals surface area contributed by atoms with Gasteiger partial charge in [-0.15, -0.1) is 0 Å². The minimum Gasteiger partial charge on any atom is -0.508 e. The van der Waals surface area contributed by atoms with Crippen LogP contribution < -0.4 is 55.3 Å². The van der Waals surface area contributed by atoms with Crippen molar-refractivity contribution in [3.8, 4) is 5.75 Å². The topological polar surface area (TPSA) is 378 Å².